The molecule has 0 spiro atoms. The largest absolute Gasteiger partial charge is 0.507 e. The number of methoxy groups -OCH3 is 1. The molecule has 0 bridgehead atoms. The van der Waals surface area contributed by atoms with Crippen molar-refractivity contribution in [3.63, 3.8) is 0 Å². The molecule has 1 aliphatic heterocycles. The van der Waals surface area contributed by atoms with Gasteiger partial charge in [0, 0.05) is 38.2 Å². The minimum Gasteiger partial charge on any atom is -0.507 e. The van der Waals surface area contributed by atoms with E-state index in [1.807, 2.05) is 6.92 Å². The number of nitrogens with zero attached hydrogens (tertiary/aromatic N) is 2. The van der Waals surface area contributed by atoms with Gasteiger partial charge in [-0.15, -0.1) is 0 Å². The number of rotatable bonds is 10. The van der Waals surface area contributed by atoms with Crippen molar-refractivity contribution < 1.29 is 24.2 Å². The van der Waals surface area contributed by atoms with Gasteiger partial charge in [0.2, 0.25) is 0 Å². The Kier molecular flexibility index (Phi) is 8.00. The number of Topliss-reactive ketones (excluding diaryl/α,β-unsaturated/α-hetero) is 1. The lowest BCUT2D eigenvalue weighted by Crippen LogP contribution is -2.31. The number of pyridine rings is 1. The van der Waals surface area contributed by atoms with E-state index in [-0.39, 0.29) is 11.3 Å². The monoisotopic (exact) mass is 438 g/mol. The fourth-order valence-corrected chi connectivity index (χ4v) is 3.82. The fraction of sp³-hybridized carbons (Fsp3) is 0.400. The van der Waals surface area contributed by atoms with Crippen molar-refractivity contribution in [3.05, 3.63) is 65.0 Å². The Hall–Kier alpha value is -3.19. The fourth-order valence-electron chi connectivity index (χ4n) is 3.82. The van der Waals surface area contributed by atoms with Gasteiger partial charge in [0.1, 0.15) is 11.5 Å². The summed E-state index contributed by atoms with van der Waals surface area (Å²) >= 11 is 0. The van der Waals surface area contributed by atoms with Gasteiger partial charge in [-0.05, 0) is 61.2 Å². The van der Waals surface area contributed by atoms with Crippen molar-refractivity contribution in [1.82, 2.24) is 9.88 Å². The van der Waals surface area contributed by atoms with Gasteiger partial charge >= 0.3 is 0 Å². The average Bonchev–Trinajstić information content (AvgIpc) is 3.05. The van der Waals surface area contributed by atoms with Crippen LogP contribution in [0, 0.1) is 6.92 Å². The Labute approximate surface area is 188 Å². The maximum atomic E-state index is 13.0. The number of aliphatic hydroxyl groups excluding tert-OH is 1. The van der Waals surface area contributed by atoms with Crippen molar-refractivity contribution in [1.29, 1.82) is 0 Å². The smallest absolute Gasteiger partial charge is 0.295 e. The Morgan fingerprint density at radius 2 is 1.88 bits per heavy atom. The normalized spacial score (nSPS) is 17.7. The highest BCUT2D eigenvalue weighted by Crippen LogP contribution is 2.39. The van der Waals surface area contributed by atoms with Crippen LogP contribution in [0.5, 0.6) is 5.75 Å². The lowest BCUT2D eigenvalue weighted by atomic mass is 9.95. The summed E-state index contributed by atoms with van der Waals surface area (Å²) in [4.78, 5) is 31.4. The molecule has 1 aromatic heterocycles. The van der Waals surface area contributed by atoms with Crippen LogP contribution in [0.3, 0.4) is 0 Å². The summed E-state index contributed by atoms with van der Waals surface area (Å²) < 4.78 is 10.9. The van der Waals surface area contributed by atoms with Crippen molar-refractivity contribution in [2.24, 2.45) is 0 Å². The molecular weight excluding hydrogens is 408 g/mol. The molecule has 1 aromatic carbocycles. The second-order valence-electron chi connectivity index (χ2n) is 7.80. The van der Waals surface area contributed by atoms with Crippen LogP contribution in [0.25, 0.3) is 5.76 Å². The number of carbonyl (C=O) groups is 2. The minimum atomic E-state index is -0.692. The summed E-state index contributed by atoms with van der Waals surface area (Å²) in [5.74, 6) is -0.772. The Morgan fingerprint density at radius 3 is 2.53 bits per heavy atom. The molecular formula is C25H30N2O5. The SMILES string of the molecule is CCCCOc1ccc(C(O)=C2C(=O)C(=O)N(CCCOC)[C@@H]2c2ccncc2)cc1C. The predicted octanol–water partition coefficient (Wildman–Crippen LogP) is 4.03. The molecule has 0 saturated carbocycles. The lowest BCUT2D eigenvalue weighted by molar-refractivity contribution is -0.140. The second-order valence-corrected chi connectivity index (χ2v) is 7.80. The van der Waals surface area contributed by atoms with Gasteiger partial charge in [-0.25, -0.2) is 0 Å². The highest BCUT2D eigenvalue weighted by Gasteiger charge is 2.45. The number of amides is 1. The highest BCUT2D eigenvalue weighted by atomic mass is 16.5. The number of hydrogen-bond donors (Lipinski definition) is 1. The van der Waals surface area contributed by atoms with Gasteiger partial charge in [0.15, 0.2) is 0 Å². The molecule has 0 unspecified atom stereocenters. The van der Waals surface area contributed by atoms with E-state index < -0.39 is 17.7 Å². The maximum absolute atomic E-state index is 13.0. The van der Waals surface area contributed by atoms with E-state index in [9.17, 15) is 14.7 Å². The Bertz CT molecular complexity index is 987. The Balaban J connectivity index is 2.01. The van der Waals surface area contributed by atoms with Crippen LogP contribution in [-0.2, 0) is 14.3 Å². The molecule has 2 aromatic rings. The zero-order valence-electron chi connectivity index (χ0n) is 18.8. The molecule has 1 N–H and O–H groups in total. The van der Waals surface area contributed by atoms with E-state index in [0.29, 0.717) is 31.7 Å². The van der Waals surface area contributed by atoms with Crippen LogP contribution in [0.2, 0.25) is 0 Å². The number of ketones is 1. The van der Waals surface area contributed by atoms with E-state index in [4.69, 9.17) is 9.47 Å². The number of aliphatic hydroxyl groups is 1. The zero-order valence-corrected chi connectivity index (χ0v) is 18.8. The topological polar surface area (TPSA) is 89.0 Å². The maximum Gasteiger partial charge on any atom is 0.295 e. The van der Waals surface area contributed by atoms with E-state index in [1.165, 1.54) is 4.90 Å². The van der Waals surface area contributed by atoms with Crippen molar-refractivity contribution in [2.45, 2.75) is 39.2 Å². The van der Waals surface area contributed by atoms with E-state index >= 15 is 0 Å². The van der Waals surface area contributed by atoms with Gasteiger partial charge in [0.25, 0.3) is 11.7 Å². The molecule has 0 radical (unpaired) electrons. The molecule has 0 aliphatic carbocycles. The summed E-state index contributed by atoms with van der Waals surface area (Å²) in [6, 6.07) is 8.10. The molecule has 1 fully saturated rings. The average molecular weight is 439 g/mol. The number of ether oxygens (including phenoxy) is 2. The first-order valence-electron chi connectivity index (χ1n) is 10.9. The van der Waals surface area contributed by atoms with Crippen molar-refractivity contribution in [3.8, 4) is 5.75 Å². The van der Waals surface area contributed by atoms with Crippen LogP contribution in [0.4, 0.5) is 0 Å². The number of carbonyl (C=O) groups excluding carboxylic acids is 2. The number of likely N-dealkylation sites (tertiary alicyclic amines) is 1. The number of aromatic nitrogens is 1. The van der Waals surface area contributed by atoms with Gasteiger partial charge in [0.05, 0.1) is 18.2 Å². The summed E-state index contributed by atoms with van der Waals surface area (Å²) in [6.07, 6.45) is 5.79. The zero-order chi connectivity index (χ0) is 23.1. The van der Waals surface area contributed by atoms with E-state index in [2.05, 4.69) is 11.9 Å². The molecule has 2 heterocycles. The number of unbranched alkanes of at least 4 members (excludes halogenated alkanes) is 1. The molecule has 1 atom stereocenters. The molecule has 3 rings (SSSR count). The first-order chi connectivity index (χ1) is 15.5. The molecule has 1 amide bonds. The van der Waals surface area contributed by atoms with Gasteiger partial charge in [-0.1, -0.05) is 13.3 Å². The van der Waals surface area contributed by atoms with Gasteiger partial charge in [-0.3, -0.25) is 14.6 Å². The number of benzene rings is 1. The molecule has 32 heavy (non-hydrogen) atoms. The van der Waals surface area contributed by atoms with Crippen LogP contribution in [0.15, 0.2) is 48.3 Å². The van der Waals surface area contributed by atoms with Crippen LogP contribution in [-0.4, -0.2) is 53.5 Å². The van der Waals surface area contributed by atoms with E-state index in [0.717, 1.165) is 29.7 Å². The quantitative estimate of drug-likeness (QED) is 0.261. The molecule has 1 aliphatic rings. The third kappa shape index (κ3) is 4.99. The first kappa shape index (κ1) is 23.5. The van der Waals surface area contributed by atoms with E-state index in [1.54, 1.807) is 49.8 Å². The van der Waals surface area contributed by atoms with Gasteiger partial charge < -0.3 is 19.5 Å². The highest BCUT2D eigenvalue weighted by molar-refractivity contribution is 6.46. The third-order valence-electron chi connectivity index (χ3n) is 5.51. The lowest BCUT2D eigenvalue weighted by Gasteiger charge is -2.25. The summed E-state index contributed by atoms with van der Waals surface area (Å²) in [5, 5.41) is 11.2. The molecule has 7 heteroatoms. The van der Waals surface area contributed by atoms with Crippen LogP contribution >= 0.6 is 0 Å². The standard InChI is InChI=1S/C25H30N2O5/c1-4-5-15-32-20-8-7-19(16-17(20)2)23(28)21-22(18-9-11-26-12-10-18)27(13-6-14-31-3)25(30)24(21)29/h7-12,16,22,28H,4-6,13-15H2,1-3H3/t22-/m1/s1. The second kappa shape index (κ2) is 10.9. The summed E-state index contributed by atoms with van der Waals surface area (Å²) in [7, 11) is 1.59. The molecule has 170 valence electrons. The van der Waals surface area contributed by atoms with Gasteiger partial charge in [-0.2, -0.15) is 0 Å². The van der Waals surface area contributed by atoms with Crippen molar-refractivity contribution >= 4 is 17.4 Å². The molecule has 7 nitrogen and oxygen atoms in total. The van der Waals surface area contributed by atoms with Crippen LogP contribution < -0.4 is 4.74 Å². The summed E-state index contributed by atoms with van der Waals surface area (Å²) in [6.45, 7) is 5.41. The third-order valence-corrected chi connectivity index (χ3v) is 5.51. The summed E-state index contributed by atoms with van der Waals surface area (Å²) in [5.41, 5.74) is 2.12. The van der Waals surface area contributed by atoms with Crippen LogP contribution in [0.1, 0.15) is 48.9 Å². The molecule has 1 saturated heterocycles. The van der Waals surface area contributed by atoms with Crippen molar-refractivity contribution in [2.75, 3.05) is 26.9 Å². The first-order valence-corrected chi connectivity index (χ1v) is 10.9. The minimum absolute atomic E-state index is 0.0812. The number of aryl methyl sites for hydroxylation is 1. The Morgan fingerprint density at radius 1 is 1.12 bits per heavy atom. The predicted molar refractivity (Wildman–Crippen MR) is 121 cm³/mol. The number of hydrogen-bond acceptors (Lipinski definition) is 6.